The van der Waals surface area contributed by atoms with Crippen LogP contribution in [0.3, 0.4) is 0 Å². The third-order valence-corrected chi connectivity index (χ3v) is 4.72. The number of aliphatic carboxylic acids is 1. The van der Waals surface area contributed by atoms with Gasteiger partial charge in [0.05, 0.1) is 11.6 Å². The monoisotopic (exact) mass is 443 g/mol. The smallest absolute Gasteiger partial charge is 0.341 e. The van der Waals surface area contributed by atoms with Crippen LogP contribution in [0.25, 0.3) is 0 Å². The molecule has 1 atom stereocenters. The van der Waals surface area contributed by atoms with E-state index in [9.17, 15) is 32.7 Å². The minimum Gasteiger partial charge on any atom is -0.477 e. The predicted octanol–water partition coefficient (Wildman–Crippen LogP) is 1.55. The van der Waals surface area contributed by atoms with Crippen molar-refractivity contribution in [2.75, 3.05) is 44.7 Å². The number of Topliss-reactive ketones (excluding diaryl/α,β-unsaturated/α-hetero) is 1. The number of halogens is 3. The average Bonchev–Trinajstić information content (AvgIpc) is 2.70. The highest BCUT2D eigenvalue weighted by Gasteiger charge is 2.30. The van der Waals surface area contributed by atoms with E-state index in [2.05, 4.69) is 5.32 Å². The van der Waals surface area contributed by atoms with Crippen LogP contribution in [0.2, 0.25) is 0 Å². The molecule has 170 valence electrons. The Morgan fingerprint density at radius 3 is 2.35 bits per heavy atom. The summed E-state index contributed by atoms with van der Waals surface area (Å²) in [6.07, 6.45) is 0.780. The number of nitrogens with zero attached hydrogens (tertiary/aromatic N) is 2. The number of rotatable bonds is 8. The zero-order chi connectivity index (χ0) is 23.3. The standard InChI is InChI=1S/C20H24F3N3O5/c1-11(10-31-12(2)27)24-9-14(20(29)30)19(28)13-8-15(21)18(17(23)16(13)22)26-6-4-25(3)5-7-26/h8-9,11,24H,4-7,10H2,1-3H3,(H,29,30). The lowest BCUT2D eigenvalue weighted by atomic mass is 10.0. The summed E-state index contributed by atoms with van der Waals surface area (Å²) in [6.45, 7) is 4.17. The van der Waals surface area contributed by atoms with Crippen molar-refractivity contribution in [3.63, 3.8) is 0 Å². The van der Waals surface area contributed by atoms with Crippen LogP contribution < -0.4 is 10.2 Å². The van der Waals surface area contributed by atoms with Gasteiger partial charge in [0.15, 0.2) is 11.6 Å². The number of esters is 1. The molecular weight excluding hydrogens is 419 g/mol. The normalized spacial score (nSPS) is 16.1. The van der Waals surface area contributed by atoms with Crippen LogP contribution in [-0.2, 0) is 14.3 Å². The van der Waals surface area contributed by atoms with E-state index in [4.69, 9.17) is 4.74 Å². The highest BCUT2D eigenvalue weighted by molar-refractivity contribution is 6.23. The van der Waals surface area contributed by atoms with Gasteiger partial charge in [-0.25, -0.2) is 18.0 Å². The first-order chi connectivity index (χ1) is 14.5. The molecule has 0 spiro atoms. The Morgan fingerprint density at radius 1 is 1.19 bits per heavy atom. The Kier molecular flexibility index (Phi) is 8.03. The van der Waals surface area contributed by atoms with Crippen molar-refractivity contribution in [1.82, 2.24) is 10.2 Å². The van der Waals surface area contributed by atoms with E-state index < -0.39 is 58.0 Å². The van der Waals surface area contributed by atoms with Crippen molar-refractivity contribution < 1.29 is 37.4 Å². The summed E-state index contributed by atoms with van der Waals surface area (Å²) in [6, 6.07) is -0.0722. The number of carbonyl (C=O) groups is 3. The number of likely N-dealkylation sites (N-methyl/N-ethyl adjacent to an activating group) is 1. The molecule has 8 nitrogen and oxygen atoms in total. The van der Waals surface area contributed by atoms with Gasteiger partial charge in [0.1, 0.15) is 23.7 Å². The van der Waals surface area contributed by atoms with Gasteiger partial charge in [-0.15, -0.1) is 0 Å². The number of ether oxygens (including phenoxy) is 1. The minimum absolute atomic E-state index is 0.121. The fourth-order valence-electron chi connectivity index (χ4n) is 2.96. The van der Waals surface area contributed by atoms with Crippen LogP contribution in [-0.4, -0.2) is 73.6 Å². The van der Waals surface area contributed by atoms with Gasteiger partial charge < -0.3 is 25.0 Å². The summed E-state index contributed by atoms with van der Waals surface area (Å²) in [5.74, 6) is -8.01. The molecule has 1 unspecified atom stereocenters. The summed E-state index contributed by atoms with van der Waals surface area (Å²) in [7, 11) is 1.84. The number of anilines is 1. The third kappa shape index (κ3) is 5.97. The molecule has 31 heavy (non-hydrogen) atoms. The molecule has 1 aromatic carbocycles. The second-order valence-corrected chi connectivity index (χ2v) is 7.24. The highest BCUT2D eigenvalue weighted by atomic mass is 19.2. The third-order valence-electron chi connectivity index (χ3n) is 4.72. The second-order valence-electron chi connectivity index (χ2n) is 7.24. The lowest BCUT2D eigenvalue weighted by Gasteiger charge is -2.34. The quantitative estimate of drug-likeness (QED) is 0.156. The number of carboxylic acid groups (broad SMARTS) is 1. The van der Waals surface area contributed by atoms with Gasteiger partial charge in [-0.2, -0.15) is 0 Å². The van der Waals surface area contributed by atoms with Gasteiger partial charge in [-0.3, -0.25) is 9.59 Å². The number of hydrogen-bond donors (Lipinski definition) is 2. The van der Waals surface area contributed by atoms with Crippen molar-refractivity contribution in [2.45, 2.75) is 19.9 Å². The minimum atomic E-state index is -1.72. The van der Waals surface area contributed by atoms with Crippen LogP contribution in [0.1, 0.15) is 24.2 Å². The number of benzene rings is 1. The average molecular weight is 443 g/mol. The highest BCUT2D eigenvalue weighted by Crippen LogP contribution is 2.30. The van der Waals surface area contributed by atoms with E-state index in [1.165, 1.54) is 18.7 Å². The van der Waals surface area contributed by atoms with Crippen LogP contribution >= 0.6 is 0 Å². The molecule has 1 saturated heterocycles. The number of carboxylic acids is 1. The first kappa shape index (κ1) is 24.2. The van der Waals surface area contributed by atoms with Crippen molar-refractivity contribution in [1.29, 1.82) is 0 Å². The summed E-state index contributed by atoms with van der Waals surface area (Å²) >= 11 is 0. The van der Waals surface area contributed by atoms with Crippen molar-refractivity contribution in [3.05, 3.63) is 40.9 Å². The van der Waals surface area contributed by atoms with E-state index in [1.54, 1.807) is 0 Å². The molecule has 1 aliphatic heterocycles. The molecule has 1 heterocycles. The van der Waals surface area contributed by atoms with Crippen LogP contribution in [0.5, 0.6) is 0 Å². The molecule has 11 heteroatoms. The first-order valence-electron chi connectivity index (χ1n) is 9.51. The van der Waals surface area contributed by atoms with E-state index in [0.717, 1.165) is 6.20 Å². The summed E-state index contributed by atoms with van der Waals surface area (Å²) < 4.78 is 48.7. The summed E-state index contributed by atoms with van der Waals surface area (Å²) in [5, 5.41) is 11.8. The molecule has 1 aliphatic rings. The number of hydrogen-bond acceptors (Lipinski definition) is 7. The lowest BCUT2D eigenvalue weighted by molar-refractivity contribution is -0.141. The molecule has 1 fully saturated rings. The Morgan fingerprint density at radius 2 is 1.81 bits per heavy atom. The van der Waals surface area contributed by atoms with E-state index >= 15 is 0 Å². The van der Waals surface area contributed by atoms with E-state index in [1.807, 2.05) is 11.9 Å². The van der Waals surface area contributed by atoms with Gasteiger partial charge in [0.2, 0.25) is 5.78 Å². The number of ketones is 1. The first-order valence-corrected chi connectivity index (χ1v) is 9.51. The Labute approximate surface area is 177 Å². The maximum atomic E-state index is 14.7. The lowest BCUT2D eigenvalue weighted by Crippen LogP contribution is -2.45. The fraction of sp³-hybridized carbons (Fsp3) is 0.450. The van der Waals surface area contributed by atoms with E-state index in [-0.39, 0.29) is 19.7 Å². The van der Waals surface area contributed by atoms with Crippen LogP contribution in [0.4, 0.5) is 18.9 Å². The largest absolute Gasteiger partial charge is 0.477 e. The second kappa shape index (κ2) is 10.3. The zero-order valence-electron chi connectivity index (χ0n) is 17.4. The summed E-state index contributed by atoms with van der Waals surface area (Å²) in [5.41, 5.74) is -2.55. The maximum Gasteiger partial charge on any atom is 0.341 e. The number of piperazine rings is 1. The van der Waals surface area contributed by atoms with Crippen molar-refractivity contribution in [3.8, 4) is 0 Å². The molecule has 0 amide bonds. The van der Waals surface area contributed by atoms with Gasteiger partial charge in [-0.1, -0.05) is 0 Å². The molecule has 0 aromatic heterocycles. The van der Waals surface area contributed by atoms with Crippen LogP contribution in [0.15, 0.2) is 17.8 Å². The van der Waals surface area contributed by atoms with Gasteiger partial charge in [-0.05, 0) is 20.0 Å². The van der Waals surface area contributed by atoms with Gasteiger partial charge in [0, 0.05) is 39.3 Å². The number of nitrogens with one attached hydrogen (secondary N) is 1. The molecule has 2 N–H and O–H groups in total. The zero-order valence-corrected chi connectivity index (χ0v) is 17.4. The SMILES string of the molecule is CC(=O)OCC(C)NC=C(C(=O)O)C(=O)c1cc(F)c(N2CCN(C)CC2)c(F)c1F. The van der Waals surface area contributed by atoms with Crippen molar-refractivity contribution >= 4 is 23.4 Å². The Balaban J connectivity index is 2.30. The number of carbonyl (C=O) groups excluding carboxylic acids is 2. The molecule has 0 radical (unpaired) electrons. The van der Waals surface area contributed by atoms with Gasteiger partial charge >= 0.3 is 11.9 Å². The summed E-state index contributed by atoms with van der Waals surface area (Å²) in [4.78, 5) is 38.1. The molecule has 1 aromatic rings. The fourth-order valence-corrected chi connectivity index (χ4v) is 2.96. The molecule has 0 saturated carbocycles. The maximum absolute atomic E-state index is 14.7. The molecule has 2 rings (SSSR count). The molecule has 0 bridgehead atoms. The topological polar surface area (TPSA) is 99.2 Å². The van der Waals surface area contributed by atoms with Crippen molar-refractivity contribution in [2.24, 2.45) is 0 Å². The Hall–Kier alpha value is -3.08. The Bertz CT molecular complexity index is 899. The molecular formula is C20H24F3N3O5. The van der Waals surface area contributed by atoms with E-state index in [0.29, 0.717) is 19.2 Å². The van der Waals surface area contributed by atoms with Gasteiger partial charge in [0.25, 0.3) is 0 Å². The molecule has 0 aliphatic carbocycles. The van der Waals surface area contributed by atoms with Crippen LogP contribution in [0, 0.1) is 17.5 Å². The predicted molar refractivity (Wildman–Crippen MR) is 105 cm³/mol.